The van der Waals surface area contributed by atoms with Gasteiger partial charge in [-0.1, -0.05) is 41.5 Å². The van der Waals surface area contributed by atoms with E-state index in [0.29, 0.717) is 11.8 Å². The molecule has 1 aliphatic carbocycles. The minimum absolute atomic E-state index is 0.308. The first kappa shape index (κ1) is 14.0. The van der Waals surface area contributed by atoms with Gasteiger partial charge >= 0.3 is 0 Å². The van der Waals surface area contributed by atoms with Crippen LogP contribution >= 0.6 is 0 Å². The molecule has 0 amide bonds. The Morgan fingerprint density at radius 3 is 1.25 bits per heavy atom. The Morgan fingerprint density at radius 2 is 1.06 bits per heavy atom. The second-order valence-corrected chi connectivity index (χ2v) is 7.01. The quantitative estimate of drug-likeness (QED) is 0.777. The molecule has 0 bridgehead atoms. The summed E-state index contributed by atoms with van der Waals surface area (Å²) < 4.78 is 0. The molecule has 16 heavy (non-hydrogen) atoms. The van der Waals surface area contributed by atoms with Gasteiger partial charge < -0.3 is 10.2 Å². The number of aliphatic hydroxyl groups excluding tert-OH is 2. The van der Waals surface area contributed by atoms with E-state index in [2.05, 4.69) is 27.7 Å². The van der Waals surface area contributed by atoms with Crippen LogP contribution in [0.15, 0.2) is 0 Å². The van der Waals surface area contributed by atoms with E-state index in [-0.39, 0.29) is 23.0 Å². The molecule has 2 heteroatoms. The standard InChI is InChI=1S/C14H28O2/c1-9(2)7-13(5)11(15)14(6,12(13)16)8-10(3)4/h9-12,15-16H,7-8H2,1-6H3. The fraction of sp³-hybridized carbons (Fsp3) is 1.00. The zero-order valence-corrected chi connectivity index (χ0v) is 11.6. The molecule has 0 radical (unpaired) electrons. The number of hydrogen-bond donors (Lipinski definition) is 2. The Bertz CT molecular complexity index is 211. The van der Waals surface area contributed by atoms with Gasteiger partial charge in [0.15, 0.2) is 0 Å². The van der Waals surface area contributed by atoms with Crippen molar-refractivity contribution in [2.45, 2.75) is 66.6 Å². The molecule has 0 heterocycles. The van der Waals surface area contributed by atoms with Crippen molar-refractivity contribution >= 4 is 0 Å². The van der Waals surface area contributed by atoms with E-state index in [1.54, 1.807) is 0 Å². The third-order valence-electron chi connectivity index (χ3n) is 4.19. The Balaban J connectivity index is 2.77. The number of aliphatic hydroxyl groups is 2. The van der Waals surface area contributed by atoms with Gasteiger partial charge in [0.2, 0.25) is 0 Å². The largest absolute Gasteiger partial charge is 0.392 e. The summed E-state index contributed by atoms with van der Waals surface area (Å²) >= 11 is 0. The van der Waals surface area contributed by atoms with E-state index < -0.39 is 0 Å². The van der Waals surface area contributed by atoms with Crippen molar-refractivity contribution in [3.05, 3.63) is 0 Å². The van der Waals surface area contributed by atoms with Crippen molar-refractivity contribution in [3.8, 4) is 0 Å². The van der Waals surface area contributed by atoms with Gasteiger partial charge in [-0.05, 0) is 24.7 Å². The molecule has 1 aliphatic rings. The zero-order valence-electron chi connectivity index (χ0n) is 11.6. The topological polar surface area (TPSA) is 40.5 Å². The molecule has 1 rings (SSSR count). The second kappa shape index (κ2) is 4.30. The van der Waals surface area contributed by atoms with Crippen LogP contribution in [0.1, 0.15) is 54.4 Å². The fourth-order valence-electron chi connectivity index (χ4n) is 3.92. The van der Waals surface area contributed by atoms with Gasteiger partial charge in [-0.3, -0.25) is 0 Å². The number of rotatable bonds is 4. The Morgan fingerprint density at radius 1 is 0.812 bits per heavy atom. The van der Waals surface area contributed by atoms with Crippen LogP contribution in [0.3, 0.4) is 0 Å². The minimum atomic E-state index is -0.375. The Hall–Kier alpha value is -0.0800. The van der Waals surface area contributed by atoms with Crippen molar-refractivity contribution in [1.82, 2.24) is 0 Å². The highest BCUT2D eigenvalue weighted by Crippen LogP contribution is 2.59. The van der Waals surface area contributed by atoms with Crippen LogP contribution in [0.2, 0.25) is 0 Å². The molecule has 96 valence electrons. The SMILES string of the molecule is CC(C)CC1(C)C(O)C(C)(CC(C)C)C1O. The maximum Gasteiger partial charge on any atom is 0.0697 e. The van der Waals surface area contributed by atoms with Crippen molar-refractivity contribution in [1.29, 1.82) is 0 Å². The maximum absolute atomic E-state index is 10.4. The van der Waals surface area contributed by atoms with Crippen LogP contribution < -0.4 is 0 Å². The van der Waals surface area contributed by atoms with E-state index in [9.17, 15) is 10.2 Å². The monoisotopic (exact) mass is 228 g/mol. The van der Waals surface area contributed by atoms with Crippen LogP contribution in [0.25, 0.3) is 0 Å². The summed E-state index contributed by atoms with van der Waals surface area (Å²) in [6.45, 7) is 12.6. The highest BCUT2D eigenvalue weighted by molar-refractivity contribution is 5.14. The van der Waals surface area contributed by atoms with Gasteiger partial charge in [-0.25, -0.2) is 0 Å². The van der Waals surface area contributed by atoms with Gasteiger partial charge in [-0.2, -0.15) is 0 Å². The van der Waals surface area contributed by atoms with E-state index in [4.69, 9.17) is 0 Å². The van der Waals surface area contributed by atoms with Crippen molar-refractivity contribution in [2.75, 3.05) is 0 Å². The van der Waals surface area contributed by atoms with Crippen LogP contribution in [0.5, 0.6) is 0 Å². The molecule has 0 saturated heterocycles. The van der Waals surface area contributed by atoms with Crippen molar-refractivity contribution in [3.63, 3.8) is 0 Å². The van der Waals surface area contributed by atoms with Crippen LogP contribution in [0.4, 0.5) is 0 Å². The minimum Gasteiger partial charge on any atom is -0.392 e. The zero-order chi connectivity index (χ0) is 12.7. The first-order chi connectivity index (χ1) is 7.14. The van der Waals surface area contributed by atoms with Gasteiger partial charge in [0.1, 0.15) is 0 Å². The molecule has 2 nitrogen and oxygen atoms in total. The average Bonchev–Trinajstić information content (AvgIpc) is 2.13. The van der Waals surface area contributed by atoms with Crippen molar-refractivity contribution in [2.24, 2.45) is 22.7 Å². The Labute approximate surface area is 100 Å². The predicted octanol–water partition coefficient (Wildman–Crippen LogP) is 2.83. The molecule has 2 N–H and O–H groups in total. The smallest absolute Gasteiger partial charge is 0.0697 e. The first-order valence-electron chi connectivity index (χ1n) is 6.50. The van der Waals surface area contributed by atoms with Gasteiger partial charge in [0.25, 0.3) is 0 Å². The first-order valence-corrected chi connectivity index (χ1v) is 6.50. The van der Waals surface area contributed by atoms with E-state index in [1.807, 2.05) is 13.8 Å². The van der Waals surface area contributed by atoms with Crippen LogP contribution in [-0.4, -0.2) is 22.4 Å². The summed E-state index contributed by atoms with van der Waals surface area (Å²) in [6.07, 6.45) is 1.03. The molecular weight excluding hydrogens is 200 g/mol. The summed E-state index contributed by atoms with van der Waals surface area (Å²) in [7, 11) is 0. The molecule has 1 fully saturated rings. The van der Waals surface area contributed by atoms with Crippen LogP contribution in [-0.2, 0) is 0 Å². The van der Waals surface area contributed by atoms with Gasteiger partial charge in [0, 0.05) is 10.8 Å². The third-order valence-corrected chi connectivity index (χ3v) is 4.19. The third kappa shape index (κ3) is 2.02. The second-order valence-electron chi connectivity index (χ2n) is 7.01. The predicted molar refractivity (Wildman–Crippen MR) is 67.1 cm³/mol. The van der Waals surface area contributed by atoms with E-state index in [1.165, 1.54) is 0 Å². The highest BCUT2D eigenvalue weighted by Gasteiger charge is 2.65. The van der Waals surface area contributed by atoms with Crippen LogP contribution in [0, 0.1) is 22.7 Å². The Kier molecular flexibility index (Phi) is 3.76. The maximum atomic E-state index is 10.4. The molecule has 1 saturated carbocycles. The summed E-state index contributed by atoms with van der Waals surface area (Å²) in [6, 6.07) is 0. The molecule has 0 aromatic heterocycles. The van der Waals surface area contributed by atoms with Gasteiger partial charge in [-0.15, -0.1) is 0 Å². The normalized spacial score (nSPS) is 43.9. The number of hydrogen-bond acceptors (Lipinski definition) is 2. The lowest BCUT2D eigenvalue weighted by molar-refractivity contribution is -0.274. The average molecular weight is 228 g/mol. The fourth-order valence-corrected chi connectivity index (χ4v) is 3.92. The summed E-state index contributed by atoms with van der Waals surface area (Å²) in [5.74, 6) is 1.02. The molecule has 0 aromatic carbocycles. The summed E-state index contributed by atoms with van der Waals surface area (Å²) in [4.78, 5) is 0. The summed E-state index contributed by atoms with van der Waals surface area (Å²) in [5, 5.41) is 20.8. The lowest BCUT2D eigenvalue weighted by atomic mass is 9.46. The molecule has 0 unspecified atom stereocenters. The molecule has 0 atom stereocenters. The molecular formula is C14H28O2. The van der Waals surface area contributed by atoms with Gasteiger partial charge in [0.05, 0.1) is 12.2 Å². The lowest BCUT2D eigenvalue weighted by Crippen LogP contribution is -2.70. The lowest BCUT2D eigenvalue weighted by Gasteiger charge is -2.63. The van der Waals surface area contributed by atoms with Crippen molar-refractivity contribution < 1.29 is 10.2 Å². The van der Waals surface area contributed by atoms with E-state index >= 15 is 0 Å². The molecule has 0 spiro atoms. The molecule has 0 aromatic rings. The summed E-state index contributed by atoms with van der Waals surface area (Å²) in [5.41, 5.74) is -0.615. The highest BCUT2D eigenvalue weighted by atomic mass is 16.3. The molecule has 0 aliphatic heterocycles. The van der Waals surface area contributed by atoms with E-state index in [0.717, 1.165) is 12.8 Å².